The highest BCUT2D eigenvalue weighted by Crippen LogP contribution is 2.54. The lowest BCUT2D eigenvalue weighted by Crippen LogP contribution is -2.11. The van der Waals surface area contributed by atoms with Crippen LogP contribution in [0.4, 0.5) is 0 Å². The molecular weight excluding hydrogens is 1180 g/mol. The molecule has 95 heavy (non-hydrogen) atoms. The standard InChI is InChI=1S/C90H69O4P/c91-95(92-88-67-58-79(55-46-70-28-10-1-11-29-70)82(61-49-73-34-16-4-17-35-73)85(88)64-52-76-40-22-7-23-41-76,93-89-68-59-80(56-47-71-30-12-2-13-31-71)83(62-50-74-36-18-5-19-37-74)86(89)65-53-77-42-24-8-25-43-77)94-90-69-60-81(57-48-72-32-14-3-15-33-72)84(63-51-75-38-20-6-21-39-75)87(90)66-54-78-44-26-9-27-45-78/h1-69H. The summed E-state index contributed by atoms with van der Waals surface area (Å²) in [7, 11) is -5.01. The topological polar surface area (TPSA) is 44.8 Å². The van der Waals surface area contributed by atoms with Crippen molar-refractivity contribution in [3.63, 3.8) is 0 Å². The van der Waals surface area contributed by atoms with E-state index in [2.05, 4.69) is 146 Å². The molecule has 0 aromatic heterocycles. The van der Waals surface area contributed by atoms with Gasteiger partial charge in [0.25, 0.3) is 0 Å². The predicted molar refractivity (Wildman–Crippen MR) is 407 cm³/mol. The molecule has 0 spiro atoms. The van der Waals surface area contributed by atoms with Gasteiger partial charge in [-0.25, -0.2) is 0 Å². The van der Waals surface area contributed by atoms with Crippen molar-refractivity contribution in [2.24, 2.45) is 0 Å². The van der Waals surface area contributed by atoms with Gasteiger partial charge in [0.15, 0.2) is 0 Å². The number of hydrogen-bond donors (Lipinski definition) is 0. The number of rotatable bonds is 24. The van der Waals surface area contributed by atoms with Gasteiger partial charge in [0.1, 0.15) is 17.2 Å². The fourth-order valence-electron chi connectivity index (χ4n) is 10.8. The molecule has 0 aliphatic rings. The Labute approximate surface area is 558 Å². The number of hydrogen-bond acceptors (Lipinski definition) is 4. The Morgan fingerprint density at radius 1 is 0.168 bits per heavy atom. The summed E-state index contributed by atoms with van der Waals surface area (Å²) in [6.07, 6.45) is 37.3. The molecule has 0 atom stereocenters. The zero-order chi connectivity index (χ0) is 64.5. The first kappa shape index (κ1) is 63.1. The number of phosphoric ester groups is 1. The molecule has 458 valence electrons. The third-order valence-corrected chi connectivity index (χ3v) is 17.0. The monoisotopic (exact) mass is 1240 g/mol. The Bertz CT molecular complexity index is 4310. The Hall–Kier alpha value is -12.1. The molecule has 5 heteroatoms. The smallest absolute Gasteiger partial charge is 0.385 e. The van der Waals surface area contributed by atoms with E-state index in [1.807, 2.05) is 273 Å². The Morgan fingerprint density at radius 3 is 0.505 bits per heavy atom. The van der Waals surface area contributed by atoms with Gasteiger partial charge in [-0.05, 0) is 102 Å². The molecule has 12 aromatic rings. The molecule has 0 aliphatic carbocycles. The molecule has 0 N–H and O–H groups in total. The minimum atomic E-state index is -5.01. The second kappa shape index (κ2) is 32.3. The van der Waals surface area contributed by atoms with Gasteiger partial charge in [0.05, 0.1) is 0 Å². The van der Waals surface area contributed by atoms with Gasteiger partial charge >= 0.3 is 7.82 Å². The molecule has 0 saturated heterocycles. The van der Waals surface area contributed by atoms with Crippen LogP contribution in [0, 0.1) is 0 Å². The van der Waals surface area contributed by atoms with Crippen molar-refractivity contribution >= 4 is 117 Å². The van der Waals surface area contributed by atoms with Gasteiger partial charge < -0.3 is 13.6 Å². The van der Waals surface area contributed by atoms with Crippen LogP contribution >= 0.6 is 7.82 Å². The largest absolute Gasteiger partial charge is 0.647 e. The van der Waals surface area contributed by atoms with E-state index in [0.717, 1.165) is 83.5 Å². The summed E-state index contributed by atoms with van der Waals surface area (Å²) >= 11 is 0. The van der Waals surface area contributed by atoms with Crippen molar-refractivity contribution in [2.45, 2.75) is 0 Å². The van der Waals surface area contributed by atoms with Crippen molar-refractivity contribution < 1.29 is 18.1 Å². The third kappa shape index (κ3) is 17.9. The minimum absolute atomic E-state index is 0.256. The molecule has 0 fully saturated rings. The van der Waals surface area contributed by atoms with Gasteiger partial charge in [-0.3, -0.25) is 0 Å². The summed E-state index contributed by atoms with van der Waals surface area (Å²) in [5, 5.41) is 0. The van der Waals surface area contributed by atoms with E-state index in [1.165, 1.54) is 0 Å². The zero-order valence-corrected chi connectivity index (χ0v) is 53.3. The molecule has 0 heterocycles. The van der Waals surface area contributed by atoms with Gasteiger partial charge in [-0.15, -0.1) is 0 Å². The van der Waals surface area contributed by atoms with E-state index in [4.69, 9.17) is 13.6 Å². The van der Waals surface area contributed by atoms with Crippen LogP contribution < -0.4 is 13.6 Å². The molecule has 0 radical (unpaired) electrons. The van der Waals surface area contributed by atoms with Crippen LogP contribution in [-0.4, -0.2) is 0 Å². The van der Waals surface area contributed by atoms with E-state index in [-0.39, 0.29) is 17.2 Å². The van der Waals surface area contributed by atoms with Crippen molar-refractivity contribution in [3.05, 3.63) is 410 Å². The Morgan fingerprint density at radius 2 is 0.326 bits per heavy atom. The van der Waals surface area contributed by atoms with Gasteiger partial charge in [-0.1, -0.05) is 401 Å². The van der Waals surface area contributed by atoms with E-state index in [9.17, 15) is 0 Å². The second-order valence-electron chi connectivity index (χ2n) is 22.4. The van der Waals surface area contributed by atoms with E-state index >= 15 is 4.57 Å². The van der Waals surface area contributed by atoms with Crippen LogP contribution in [0.1, 0.15) is 100 Å². The summed E-state index contributed by atoms with van der Waals surface area (Å²) in [4.78, 5) is 0. The molecular formula is C90H69O4P. The molecule has 0 unspecified atom stereocenters. The summed E-state index contributed by atoms with van der Waals surface area (Å²) in [5.74, 6) is 0.767. The second-order valence-corrected chi connectivity index (χ2v) is 23.8. The first-order valence-electron chi connectivity index (χ1n) is 31.7. The Kier molecular flexibility index (Phi) is 21.4. The lowest BCUT2D eigenvalue weighted by molar-refractivity contribution is 0.297. The van der Waals surface area contributed by atoms with Crippen molar-refractivity contribution in [2.75, 3.05) is 0 Å². The minimum Gasteiger partial charge on any atom is -0.385 e. The maximum atomic E-state index is 17.4. The lowest BCUT2D eigenvalue weighted by Gasteiger charge is -2.24. The number of phosphoric acid groups is 1. The molecule has 4 nitrogen and oxygen atoms in total. The SMILES string of the molecule is O=P(Oc1ccc(C=Cc2ccccc2)c(C=Cc2ccccc2)c1C=Cc1ccccc1)(Oc1ccc(C=Cc2ccccc2)c(C=Cc2ccccc2)c1C=Cc1ccccc1)Oc1ccc(C=Cc2ccccc2)c(C=Cc2ccccc2)c1C=Cc1ccccc1. The fraction of sp³-hybridized carbons (Fsp3) is 0. The maximum Gasteiger partial charge on any atom is 0.647 e. The van der Waals surface area contributed by atoms with E-state index in [1.54, 1.807) is 0 Å². The Balaban J connectivity index is 1.11. The van der Waals surface area contributed by atoms with Crippen LogP contribution in [0.2, 0.25) is 0 Å². The van der Waals surface area contributed by atoms with Crippen LogP contribution in [0.15, 0.2) is 309 Å². The average molecular weight is 1250 g/mol. The fourth-order valence-corrected chi connectivity index (χ4v) is 12.1. The zero-order valence-electron chi connectivity index (χ0n) is 52.4. The summed E-state index contributed by atoms with van der Waals surface area (Å²) < 4.78 is 39.2. The quantitative estimate of drug-likeness (QED) is 0.0447. The first-order valence-corrected chi connectivity index (χ1v) is 33.2. The van der Waals surface area contributed by atoms with Crippen molar-refractivity contribution in [1.29, 1.82) is 0 Å². The highest BCUT2D eigenvalue weighted by atomic mass is 31.2. The first-order chi connectivity index (χ1) is 46.9. The maximum absolute atomic E-state index is 17.4. The molecule has 12 aromatic carbocycles. The normalized spacial score (nSPS) is 12.6. The molecule has 0 aliphatic heterocycles. The highest BCUT2D eigenvalue weighted by Gasteiger charge is 2.37. The summed E-state index contributed by atoms with van der Waals surface area (Å²) in [5.41, 5.74) is 16.0. The van der Waals surface area contributed by atoms with Crippen LogP contribution in [0.25, 0.3) is 109 Å². The predicted octanol–water partition coefficient (Wildman–Crippen LogP) is 24.9. The van der Waals surface area contributed by atoms with Crippen LogP contribution in [0.5, 0.6) is 17.2 Å². The third-order valence-electron chi connectivity index (χ3n) is 15.7. The number of benzene rings is 12. The molecule has 0 amide bonds. The van der Waals surface area contributed by atoms with Gasteiger partial charge in [0, 0.05) is 16.7 Å². The van der Waals surface area contributed by atoms with E-state index < -0.39 is 7.82 Å². The van der Waals surface area contributed by atoms with E-state index in [0.29, 0.717) is 16.7 Å². The molecule has 0 saturated carbocycles. The summed E-state index contributed by atoms with van der Waals surface area (Å²) in [6.45, 7) is 0. The highest BCUT2D eigenvalue weighted by molar-refractivity contribution is 7.49. The summed E-state index contributed by atoms with van der Waals surface area (Å²) in [6, 6.07) is 103. The van der Waals surface area contributed by atoms with Crippen LogP contribution in [0.3, 0.4) is 0 Å². The van der Waals surface area contributed by atoms with Crippen molar-refractivity contribution in [3.8, 4) is 17.2 Å². The lowest BCUT2D eigenvalue weighted by atomic mass is 9.96. The van der Waals surface area contributed by atoms with Crippen LogP contribution in [-0.2, 0) is 4.57 Å². The van der Waals surface area contributed by atoms with Gasteiger partial charge in [-0.2, -0.15) is 4.57 Å². The average Bonchev–Trinajstić information content (AvgIpc) is 0.800. The molecule has 0 bridgehead atoms. The van der Waals surface area contributed by atoms with Crippen molar-refractivity contribution in [1.82, 2.24) is 0 Å². The van der Waals surface area contributed by atoms with Gasteiger partial charge in [0.2, 0.25) is 0 Å². The molecule has 12 rings (SSSR count).